The normalized spacial score (nSPS) is 15.8. The molecule has 8 nitrogen and oxygen atoms in total. The van der Waals surface area contributed by atoms with E-state index in [1.807, 2.05) is 25.1 Å². The van der Waals surface area contributed by atoms with Crippen molar-refractivity contribution < 1.29 is 13.2 Å². The lowest BCUT2D eigenvalue weighted by atomic mass is 9.97. The Hall–Kier alpha value is -2.56. The zero-order valence-corrected chi connectivity index (χ0v) is 19.5. The molecule has 1 fully saturated rings. The van der Waals surface area contributed by atoms with Gasteiger partial charge >= 0.3 is 4.87 Å². The molecule has 4 rings (SSSR count). The summed E-state index contributed by atoms with van der Waals surface area (Å²) in [5.41, 5.74) is 1.55. The third-order valence-electron chi connectivity index (χ3n) is 5.72. The van der Waals surface area contributed by atoms with Crippen molar-refractivity contribution >= 4 is 37.5 Å². The number of carbonyl (C=O) groups excluding carboxylic acids is 1. The molecule has 1 N–H and O–H groups in total. The Morgan fingerprint density at radius 3 is 2.69 bits per heavy atom. The Kier molecular flexibility index (Phi) is 6.73. The maximum Gasteiger partial charge on any atom is 0.308 e. The second-order valence-corrected chi connectivity index (χ2v) is 10.8. The van der Waals surface area contributed by atoms with Crippen LogP contribution in [0.5, 0.6) is 0 Å². The number of pyridine rings is 1. The summed E-state index contributed by atoms with van der Waals surface area (Å²) >= 11 is 1.07. The number of hydrogen-bond acceptors (Lipinski definition) is 6. The molecule has 2 aromatic heterocycles. The Morgan fingerprint density at radius 2 is 2.00 bits per heavy atom. The lowest BCUT2D eigenvalue weighted by Gasteiger charge is -2.30. The number of aromatic nitrogens is 2. The molecule has 0 bridgehead atoms. The zero-order valence-electron chi connectivity index (χ0n) is 17.9. The van der Waals surface area contributed by atoms with E-state index in [2.05, 4.69) is 10.3 Å². The van der Waals surface area contributed by atoms with Gasteiger partial charge in [-0.25, -0.2) is 8.42 Å². The van der Waals surface area contributed by atoms with Crippen LogP contribution < -0.4 is 10.2 Å². The van der Waals surface area contributed by atoms with Crippen molar-refractivity contribution in [2.24, 2.45) is 5.92 Å². The van der Waals surface area contributed by atoms with Crippen molar-refractivity contribution in [3.63, 3.8) is 0 Å². The second kappa shape index (κ2) is 9.51. The SMILES string of the molecule is CCCn1c(=O)sc2cc(S(=O)(=O)N3CCC(C(=O)NCc4ccccn4)CC3)ccc21. The molecule has 0 unspecified atom stereocenters. The van der Waals surface area contributed by atoms with Crippen LogP contribution in [0.15, 0.2) is 52.3 Å². The average Bonchev–Trinajstić information content (AvgIpc) is 3.13. The predicted molar refractivity (Wildman–Crippen MR) is 124 cm³/mol. The molecule has 1 amide bonds. The first-order valence-electron chi connectivity index (χ1n) is 10.7. The van der Waals surface area contributed by atoms with Gasteiger partial charge < -0.3 is 5.32 Å². The number of sulfonamides is 1. The van der Waals surface area contributed by atoms with Gasteiger partial charge in [0.1, 0.15) is 0 Å². The number of nitrogens with one attached hydrogen (secondary N) is 1. The lowest BCUT2D eigenvalue weighted by Crippen LogP contribution is -2.42. The maximum atomic E-state index is 13.2. The number of piperidine rings is 1. The van der Waals surface area contributed by atoms with E-state index in [-0.39, 0.29) is 34.7 Å². The van der Waals surface area contributed by atoms with Crippen LogP contribution in [0.3, 0.4) is 0 Å². The summed E-state index contributed by atoms with van der Waals surface area (Å²) in [7, 11) is -3.69. The van der Waals surface area contributed by atoms with Gasteiger partial charge in [0.05, 0.1) is 27.4 Å². The van der Waals surface area contributed by atoms with Crippen molar-refractivity contribution in [2.45, 2.75) is 44.2 Å². The quantitative estimate of drug-likeness (QED) is 0.567. The molecular formula is C22H26N4O4S2. The molecular weight excluding hydrogens is 448 g/mol. The molecule has 32 heavy (non-hydrogen) atoms. The Morgan fingerprint density at radius 1 is 1.22 bits per heavy atom. The van der Waals surface area contributed by atoms with Crippen LogP contribution in [-0.4, -0.2) is 41.3 Å². The summed E-state index contributed by atoms with van der Waals surface area (Å²) in [5.74, 6) is -0.294. The minimum absolute atomic E-state index is 0.0730. The zero-order chi connectivity index (χ0) is 22.7. The standard InChI is InChI=1S/C22H26N4O4S2/c1-2-11-26-19-7-6-18(14-20(19)31-22(26)28)32(29,30)25-12-8-16(9-13-25)21(27)24-15-17-5-3-4-10-23-17/h3-7,10,14,16H,2,8-9,11-13,15H2,1H3,(H,24,27). The summed E-state index contributed by atoms with van der Waals surface area (Å²) in [6.07, 6.45) is 3.45. The molecule has 1 aromatic carbocycles. The Labute approximate surface area is 190 Å². The van der Waals surface area contributed by atoms with Crippen LogP contribution in [0.4, 0.5) is 0 Å². The van der Waals surface area contributed by atoms with E-state index in [1.165, 1.54) is 4.31 Å². The highest BCUT2D eigenvalue weighted by Crippen LogP contribution is 2.27. The Bertz CT molecular complexity index is 1260. The molecule has 0 spiro atoms. The van der Waals surface area contributed by atoms with Crippen LogP contribution in [0.2, 0.25) is 0 Å². The van der Waals surface area contributed by atoms with E-state index in [0.29, 0.717) is 30.6 Å². The van der Waals surface area contributed by atoms with Crippen LogP contribution >= 0.6 is 11.3 Å². The average molecular weight is 475 g/mol. The van der Waals surface area contributed by atoms with E-state index in [0.717, 1.165) is 29.0 Å². The third kappa shape index (κ3) is 4.62. The molecule has 170 valence electrons. The third-order valence-corrected chi connectivity index (χ3v) is 8.56. The van der Waals surface area contributed by atoms with Gasteiger partial charge in [0, 0.05) is 31.7 Å². The summed E-state index contributed by atoms with van der Waals surface area (Å²) in [6, 6.07) is 10.4. The van der Waals surface area contributed by atoms with Gasteiger partial charge in [0.15, 0.2) is 0 Å². The highest BCUT2D eigenvalue weighted by Gasteiger charge is 2.32. The highest BCUT2D eigenvalue weighted by atomic mass is 32.2. The second-order valence-electron chi connectivity index (χ2n) is 7.87. The van der Waals surface area contributed by atoms with Crippen LogP contribution in [0, 0.1) is 5.92 Å². The van der Waals surface area contributed by atoms with Crippen molar-refractivity contribution in [1.29, 1.82) is 0 Å². The van der Waals surface area contributed by atoms with E-state index in [4.69, 9.17) is 0 Å². The number of carbonyl (C=O) groups is 1. The molecule has 0 atom stereocenters. The van der Waals surface area contributed by atoms with Gasteiger partial charge in [-0.1, -0.05) is 24.3 Å². The summed E-state index contributed by atoms with van der Waals surface area (Å²) in [5, 5.41) is 2.89. The first-order valence-corrected chi connectivity index (χ1v) is 13.0. The number of hydrogen-bond donors (Lipinski definition) is 1. The van der Waals surface area contributed by atoms with E-state index in [9.17, 15) is 18.0 Å². The van der Waals surface area contributed by atoms with Gasteiger partial charge in [-0.2, -0.15) is 4.31 Å². The number of amides is 1. The molecule has 1 aliphatic rings. The smallest absolute Gasteiger partial charge is 0.308 e. The molecule has 0 radical (unpaired) electrons. The van der Waals surface area contributed by atoms with Gasteiger partial charge in [0.2, 0.25) is 15.9 Å². The molecule has 1 saturated heterocycles. The number of fused-ring (bicyclic) bond motifs is 1. The maximum absolute atomic E-state index is 13.2. The fourth-order valence-electron chi connectivity index (χ4n) is 3.97. The molecule has 0 saturated carbocycles. The molecule has 3 aromatic rings. The number of aryl methyl sites for hydroxylation is 1. The van der Waals surface area contributed by atoms with Crippen molar-refractivity contribution in [3.05, 3.63) is 58.0 Å². The lowest BCUT2D eigenvalue weighted by molar-refractivity contribution is -0.126. The van der Waals surface area contributed by atoms with Crippen LogP contribution in [0.1, 0.15) is 31.9 Å². The van der Waals surface area contributed by atoms with E-state index < -0.39 is 10.0 Å². The first-order chi connectivity index (χ1) is 15.4. The number of thiazole rings is 1. The fraction of sp³-hybridized carbons (Fsp3) is 0.409. The summed E-state index contributed by atoms with van der Waals surface area (Å²) in [4.78, 5) is 29.0. The van der Waals surface area contributed by atoms with Crippen molar-refractivity contribution in [1.82, 2.24) is 19.2 Å². The topological polar surface area (TPSA) is 101 Å². The molecule has 1 aliphatic heterocycles. The van der Waals surface area contributed by atoms with E-state index >= 15 is 0 Å². The highest BCUT2D eigenvalue weighted by molar-refractivity contribution is 7.89. The monoisotopic (exact) mass is 474 g/mol. The fourth-order valence-corrected chi connectivity index (χ4v) is 6.50. The minimum atomic E-state index is -3.69. The van der Waals surface area contributed by atoms with Gasteiger partial charge in [-0.15, -0.1) is 0 Å². The number of benzene rings is 1. The predicted octanol–water partition coefficient (Wildman–Crippen LogP) is 2.59. The van der Waals surface area contributed by atoms with Gasteiger partial charge in [0.25, 0.3) is 0 Å². The largest absolute Gasteiger partial charge is 0.350 e. The van der Waals surface area contributed by atoms with Gasteiger partial charge in [-0.3, -0.25) is 19.1 Å². The summed E-state index contributed by atoms with van der Waals surface area (Å²) in [6.45, 7) is 3.54. The van der Waals surface area contributed by atoms with Gasteiger partial charge in [-0.05, 0) is 49.6 Å². The Balaban J connectivity index is 1.41. The number of nitrogens with zero attached hydrogens (tertiary/aromatic N) is 3. The first kappa shape index (κ1) is 22.6. The number of rotatable bonds is 7. The van der Waals surface area contributed by atoms with Crippen LogP contribution in [0.25, 0.3) is 10.2 Å². The molecule has 3 heterocycles. The van der Waals surface area contributed by atoms with Crippen LogP contribution in [-0.2, 0) is 27.9 Å². The molecule has 0 aliphatic carbocycles. The summed E-state index contributed by atoms with van der Waals surface area (Å²) < 4.78 is 30.1. The van der Waals surface area contributed by atoms with E-state index in [1.54, 1.807) is 29.0 Å². The van der Waals surface area contributed by atoms with Crippen molar-refractivity contribution in [2.75, 3.05) is 13.1 Å². The minimum Gasteiger partial charge on any atom is -0.350 e. The molecule has 10 heteroatoms. The van der Waals surface area contributed by atoms with Crippen molar-refractivity contribution in [3.8, 4) is 0 Å².